The van der Waals surface area contributed by atoms with Gasteiger partial charge in [-0.25, -0.2) is 4.79 Å². The molecule has 0 aromatic heterocycles. The van der Waals surface area contributed by atoms with Crippen LogP contribution in [0.4, 0.5) is 0 Å². The molecule has 0 saturated carbocycles. The minimum Gasteiger partial charge on any atom is -0.480 e. The highest BCUT2D eigenvalue weighted by atomic mass is 16.4. The van der Waals surface area contributed by atoms with Gasteiger partial charge < -0.3 is 21.9 Å². The molecule has 0 heterocycles. The first kappa shape index (κ1) is 12.9. The lowest BCUT2D eigenvalue weighted by atomic mass is 10.0. The monoisotopic (exact) mass is 203 g/mol. The second-order valence-electron chi connectivity index (χ2n) is 3.41. The number of carbonyl (C=O) groups excluding carboxylic acids is 1. The van der Waals surface area contributed by atoms with E-state index in [1.807, 2.05) is 0 Å². The van der Waals surface area contributed by atoms with Gasteiger partial charge >= 0.3 is 5.97 Å². The molecule has 6 nitrogen and oxygen atoms in total. The van der Waals surface area contributed by atoms with Crippen molar-refractivity contribution in [1.29, 1.82) is 0 Å². The van der Waals surface area contributed by atoms with Crippen LogP contribution in [0, 0.1) is 5.92 Å². The van der Waals surface area contributed by atoms with Crippen LogP contribution < -0.4 is 16.8 Å². The minimum atomic E-state index is -1.07. The molecule has 0 aliphatic rings. The quantitative estimate of drug-likeness (QED) is 0.433. The summed E-state index contributed by atoms with van der Waals surface area (Å²) >= 11 is 0. The molecule has 0 unspecified atom stereocenters. The van der Waals surface area contributed by atoms with Crippen LogP contribution in [0.3, 0.4) is 0 Å². The Bertz CT molecular complexity index is 218. The van der Waals surface area contributed by atoms with E-state index in [1.54, 1.807) is 13.8 Å². The van der Waals surface area contributed by atoms with Crippen LogP contribution in [-0.4, -0.2) is 35.6 Å². The molecule has 0 radical (unpaired) electrons. The average Bonchev–Trinajstić information content (AvgIpc) is 2.11. The Morgan fingerprint density at radius 3 is 2.21 bits per heavy atom. The molecule has 14 heavy (non-hydrogen) atoms. The zero-order valence-electron chi connectivity index (χ0n) is 8.36. The molecule has 1 amide bonds. The van der Waals surface area contributed by atoms with E-state index in [1.165, 1.54) is 0 Å². The topological polar surface area (TPSA) is 118 Å². The lowest BCUT2D eigenvalue weighted by molar-refractivity contribution is -0.143. The van der Waals surface area contributed by atoms with E-state index in [4.69, 9.17) is 16.6 Å². The average molecular weight is 203 g/mol. The first-order valence-corrected chi connectivity index (χ1v) is 4.39. The van der Waals surface area contributed by atoms with Crippen LogP contribution in [0.15, 0.2) is 0 Å². The lowest BCUT2D eigenvalue weighted by Crippen LogP contribution is -2.52. The van der Waals surface area contributed by atoms with E-state index in [9.17, 15) is 9.59 Å². The van der Waals surface area contributed by atoms with Crippen molar-refractivity contribution in [2.24, 2.45) is 17.4 Å². The number of carbonyl (C=O) groups is 2. The van der Waals surface area contributed by atoms with Gasteiger partial charge in [-0.1, -0.05) is 13.8 Å². The van der Waals surface area contributed by atoms with Gasteiger partial charge in [-0.3, -0.25) is 4.79 Å². The van der Waals surface area contributed by atoms with Crippen molar-refractivity contribution in [2.45, 2.75) is 25.9 Å². The first-order valence-electron chi connectivity index (χ1n) is 4.39. The van der Waals surface area contributed by atoms with Gasteiger partial charge in [-0.05, 0) is 5.92 Å². The van der Waals surface area contributed by atoms with Crippen LogP contribution in [0.1, 0.15) is 13.8 Å². The molecule has 6 N–H and O–H groups in total. The predicted molar refractivity (Wildman–Crippen MR) is 51.4 cm³/mol. The molecular weight excluding hydrogens is 186 g/mol. The summed E-state index contributed by atoms with van der Waals surface area (Å²) in [7, 11) is 0. The summed E-state index contributed by atoms with van der Waals surface area (Å²) in [4.78, 5) is 21.9. The highest BCUT2D eigenvalue weighted by molar-refractivity contribution is 5.87. The van der Waals surface area contributed by atoms with Gasteiger partial charge in [0.1, 0.15) is 6.04 Å². The van der Waals surface area contributed by atoms with Gasteiger partial charge in [0.2, 0.25) is 5.91 Å². The van der Waals surface area contributed by atoms with Gasteiger partial charge in [0.25, 0.3) is 0 Å². The number of hydrogen-bond acceptors (Lipinski definition) is 4. The molecule has 0 saturated heterocycles. The lowest BCUT2D eigenvalue weighted by Gasteiger charge is -2.19. The van der Waals surface area contributed by atoms with Gasteiger partial charge in [0.05, 0.1) is 6.04 Å². The smallest absolute Gasteiger partial charge is 0.326 e. The summed E-state index contributed by atoms with van der Waals surface area (Å²) in [6.07, 6.45) is 0. The normalized spacial score (nSPS) is 14.9. The fourth-order valence-corrected chi connectivity index (χ4v) is 0.881. The van der Waals surface area contributed by atoms with Crippen molar-refractivity contribution in [3.8, 4) is 0 Å². The standard InChI is InChI=1S/C8H17N3O3/c1-4(2)6(8(13)14)11-7(12)5(10)3-9/h4-6H,3,9-10H2,1-2H3,(H,11,12)(H,13,14)/t5-,6-/m0/s1. The Morgan fingerprint density at radius 1 is 1.43 bits per heavy atom. The maximum Gasteiger partial charge on any atom is 0.326 e. The summed E-state index contributed by atoms with van der Waals surface area (Å²) in [6.45, 7) is 3.40. The molecule has 6 heteroatoms. The van der Waals surface area contributed by atoms with Crippen molar-refractivity contribution in [3.05, 3.63) is 0 Å². The van der Waals surface area contributed by atoms with E-state index >= 15 is 0 Å². The summed E-state index contributed by atoms with van der Waals surface area (Å²) < 4.78 is 0. The van der Waals surface area contributed by atoms with Crippen LogP contribution in [0.2, 0.25) is 0 Å². The van der Waals surface area contributed by atoms with E-state index in [2.05, 4.69) is 5.32 Å². The highest BCUT2D eigenvalue weighted by Gasteiger charge is 2.25. The second kappa shape index (κ2) is 5.56. The third-order valence-corrected chi connectivity index (χ3v) is 1.82. The zero-order chi connectivity index (χ0) is 11.3. The highest BCUT2D eigenvalue weighted by Crippen LogP contribution is 2.01. The largest absolute Gasteiger partial charge is 0.480 e. The number of aliphatic carboxylic acids is 1. The molecular formula is C8H17N3O3. The Kier molecular flexibility index (Phi) is 5.11. The number of nitrogens with one attached hydrogen (secondary N) is 1. The SMILES string of the molecule is CC(C)[C@H](NC(=O)[C@@H](N)CN)C(=O)O. The third kappa shape index (κ3) is 3.71. The summed E-state index contributed by atoms with van der Waals surface area (Å²) in [5, 5.41) is 11.1. The Morgan fingerprint density at radius 2 is 1.93 bits per heavy atom. The molecule has 0 aromatic carbocycles. The molecule has 82 valence electrons. The molecule has 0 aromatic rings. The zero-order valence-corrected chi connectivity index (χ0v) is 8.36. The first-order chi connectivity index (χ1) is 6.40. The molecule has 0 spiro atoms. The van der Waals surface area contributed by atoms with Gasteiger partial charge in [0.15, 0.2) is 0 Å². The Hall–Kier alpha value is -1.14. The number of rotatable bonds is 5. The Balaban J connectivity index is 4.31. The van der Waals surface area contributed by atoms with Crippen molar-refractivity contribution in [1.82, 2.24) is 5.32 Å². The number of amides is 1. The Labute approximate surface area is 82.6 Å². The molecule has 0 aliphatic heterocycles. The van der Waals surface area contributed by atoms with Crippen molar-refractivity contribution in [2.75, 3.05) is 6.54 Å². The van der Waals surface area contributed by atoms with Gasteiger partial charge in [-0.15, -0.1) is 0 Å². The van der Waals surface area contributed by atoms with E-state index < -0.39 is 24.0 Å². The van der Waals surface area contributed by atoms with Crippen LogP contribution in [0.25, 0.3) is 0 Å². The predicted octanol–water partition coefficient (Wildman–Crippen LogP) is -1.50. The van der Waals surface area contributed by atoms with Crippen LogP contribution in [-0.2, 0) is 9.59 Å². The fourth-order valence-electron chi connectivity index (χ4n) is 0.881. The molecule has 0 aliphatic carbocycles. The van der Waals surface area contributed by atoms with E-state index in [-0.39, 0.29) is 12.5 Å². The fraction of sp³-hybridized carbons (Fsp3) is 0.750. The molecule has 2 atom stereocenters. The number of nitrogens with two attached hydrogens (primary N) is 2. The summed E-state index contributed by atoms with van der Waals surface area (Å²) in [5.74, 6) is -1.80. The second-order valence-corrected chi connectivity index (χ2v) is 3.41. The molecule has 0 bridgehead atoms. The van der Waals surface area contributed by atoms with E-state index in [0.29, 0.717) is 0 Å². The van der Waals surface area contributed by atoms with Gasteiger partial charge in [-0.2, -0.15) is 0 Å². The minimum absolute atomic E-state index is 0.00370. The van der Waals surface area contributed by atoms with E-state index in [0.717, 1.165) is 0 Å². The van der Waals surface area contributed by atoms with Crippen LogP contribution >= 0.6 is 0 Å². The van der Waals surface area contributed by atoms with Crippen molar-refractivity contribution < 1.29 is 14.7 Å². The number of carboxylic acid groups (broad SMARTS) is 1. The maximum atomic E-state index is 11.2. The van der Waals surface area contributed by atoms with Crippen molar-refractivity contribution in [3.63, 3.8) is 0 Å². The summed E-state index contributed by atoms with van der Waals surface area (Å²) in [6, 6.07) is -1.77. The maximum absolute atomic E-state index is 11.2. The molecule has 0 fully saturated rings. The summed E-state index contributed by atoms with van der Waals surface area (Å²) in [5.41, 5.74) is 10.5. The number of hydrogen-bond donors (Lipinski definition) is 4. The van der Waals surface area contributed by atoms with Crippen LogP contribution in [0.5, 0.6) is 0 Å². The van der Waals surface area contributed by atoms with Crippen molar-refractivity contribution >= 4 is 11.9 Å². The third-order valence-electron chi connectivity index (χ3n) is 1.82. The molecule has 0 rings (SSSR count). The van der Waals surface area contributed by atoms with Gasteiger partial charge in [0, 0.05) is 6.54 Å². The number of carboxylic acids is 1.